The molecule has 28 heavy (non-hydrogen) atoms. The predicted molar refractivity (Wildman–Crippen MR) is 99.5 cm³/mol. The molecule has 0 spiro atoms. The average Bonchev–Trinajstić information content (AvgIpc) is 2.63. The van der Waals surface area contributed by atoms with Gasteiger partial charge >= 0.3 is 0 Å². The average molecular weight is 411 g/mol. The van der Waals surface area contributed by atoms with E-state index in [2.05, 4.69) is 10.0 Å². The number of sulfonamides is 1. The van der Waals surface area contributed by atoms with Crippen molar-refractivity contribution in [3.8, 4) is 0 Å². The highest BCUT2D eigenvalue weighted by Gasteiger charge is 2.20. The lowest BCUT2D eigenvalue weighted by Gasteiger charge is -2.25. The van der Waals surface area contributed by atoms with Gasteiger partial charge in [-0.1, -0.05) is 0 Å². The van der Waals surface area contributed by atoms with Crippen LogP contribution in [0.2, 0.25) is 0 Å². The first kappa shape index (κ1) is 20.2. The third-order valence-corrected chi connectivity index (χ3v) is 5.49. The number of amides is 1. The van der Waals surface area contributed by atoms with Crippen LogP contribution < -0.4 is 10.0 Å². The largest absolute Gasteiger partial charge is 0.379 e. The molecule has 2 aromatic carbocycles. The first-order chi connectivity index (χ1) is 13.3. The van der Waals surface area contributed by atoms with Gasteiger partial charge in [0.15, 0.2) is 0 Å². The fourth-order valence-electron chi connectivity index (χ4n) is 2.69. The van der Waals surface area contributed by atoms with Gasteiger partial charge in [0.05, 0.1) is 19.8 Å². The number of ether oxygens (including phenoxy) is 1. The number of nitrogens with one attached hydrogen (secondary N) is 2. The van der Waals surface area contributed by atoms with E-state index in [4.69, 9.17) is 4.74 Å². The highest BCUT2D eigenvalue weighted by atomic mass is 32.2. The van der Waals surface area contributed by atoms with E-state index in [1.165, 1.54) is 24.3 Å². The number of benzene rings is 2. The van der Waals surface area contributed by atoms with Crippen LogP contribution in [0.3, 0.4) is 0 Å². The molecule has 1 saturated heterocycles. The van der Waals surface area contributed by atoms with Gasteiger partial charge in [-0.05, 0) is 36.4 Å². The van der Waals surface area contributed by atoms with Crippen molar-refractivity contribution in [2.75, 3.05) is 42.9 Å². The van der Waals surface area contributed by atoms with Gasteiger partial charge in [-0.2, -0.15) is 0 Å². The first-order valence-electron chi connectivity index (χ1n) is 8.51. The Bertz CT molecular complexity index is 946. The molecule has 3 rings (SSSR count). The molecular weight excluding hydrogens is 392 g/mol. The molecule has 0 bridgehead atoms. The number of hydrogen-bond donors (Lipinski definition) is 2. The van der Waals surface area contributed by atoms with Gasteiger partial charge < -0.3 is 10.1 Å². The summed E-state index contributed by atoms with van der Waals surface area (Å²) >= 11 is 0. The van der Waals surface area contributed by atoms with E-state index in [0.29, 0.717) is 38.1 Å². The van der Waals surface area contributed by atoms with Crippen molar-refractivity contribution in [3.63, 3.8) is 0 Å². The van der Waals surface area contributed by atoms with E-state index in [9.17, 15) is 22.0 Å². The predicted octanol–water partition coefficient (Wildman–Crippen LogP) is 2.04. The molecule has 0 atom stereocenters. The van der Waals surface area contributed by atoms with Gasteiger partial charge in [0.2, 0.25) is 5.91 Å². The van der Waals surface area contributed by atoms with Crippen LogP contribution in [0, 0.1) is 11.6 Å². The van der Waals surface area contributed by atoms with E-state index < -0.39 is 26.6 Å². The zero-order valence-corrected chi connectivity index (χ0v) is 15.6. The molecule has 1 fully saturated rings. The Hall–Kier alpha value is -2.56. The van der Waals surface area contributed by atoms with E-state index in [0.717, 1.165) is 12.1 Å². The number of halogens is 2. The van der Waals surface area contributed by atoms with Crippen molar-refractivity contribution >= 4 is 27.3 Å². The van der Waals surface area contributed by atoms with Gasteiger partial charge in [0.1, 0.15) is 16.5 Å². The van der Waals surface area contributed by atoms with Gasteiger partial charge in [-0.25, -0.2) is 17.2 Å². The minimum Gasteiger partial charge on any atom is -0.379 e. The number of rotatable bonds is 6. The van der Waals surface area contributed by atoms with Crippen molar-refractivity contribution in [2.24, 2.45) is 0 Å². The summed E-state index contributed by atoms with van der Waals surface area (Å²) in [5.74, 6) is -2.24. The monoisotopic (exact) mass is 411 g/mol. The molecule has 1 amide bonds. The number of carbonyl (C=O) groups excluding carboxylic acids is 1. The first-order valence-corrected chi connectivity index (χ1v) is 10.00. The Labute approximate surface area is 161 Å². The SMILES string of the molecule is O=C(CN1CCOCC1)Nc1ccc(NS(=O)(=O)c2ccc(F)cc2F)cc1. The highest BCUT2D eigenvalue weighted by molar-refractivity contribution is 7.92. The number of nitrogens with zero attached hydrogens (tertiary/aromatic N) is 1. The van der Waals surface area contributed by atoms with E-state index in [-0.39, 0.29) is 18.1 Å². The molecule has 0 aliphatic carbocycles. The zero-order valence-electron chi connectivity index (χ0n) is 14.8. The Morgan fingerprint density at radius 2 is 1.68 bits per heavy atom. The van der Waals surface area contributed by atoms with E-state index in [1.807, 2.05) is 4.90 Å². The molecule has 0 unspecified atom stereocenters. The third kappa shape index (κ3) is 5.24. The maximum absolute atomic E-state index is 13.7. The summed E-state index contributed by atoms with van der Waals surface area (Å²) in [7, 11) is -4.21. The lowest BCUT2D eigenvalue weighted by molar-refractivity contribution is -0.118. The number of carbonyl (C=O) groups is 1. The standard InChI is InChI=1S/C18H19F2N3O4S/c19-13-1-6-17(16(20)11-13)28(25,26)22-15-4-2-14(3-5-15)21-18(24)12-23-7-9-27-10-8-23/h1-6,11,22H,7-10,12H2,(H,21,24). The summed E-state index contributed by atoms with van der Waals surface area (Å²) in [4.78, 5) is 13.4. The van der Waals surface area contributed by atoms with Crippen LogP contribution in [0.15, 0.2) is 47.4 Å². The Morgan fingerprint density at radius 1 is 1.04 bits per heavy atom. The quantitative estimate of drug-likeness (QED) is 0.760. The lowest BCUT2D eigenvalue weighted by Crippen LogP contribution is -2.41. The van der Waals surface area contributed by atoms with Gasteiger partial charge in [0, 0.05) is 30.5 Å². The topological polar surface area (TPSA) is 87.7 Å². The van der Waals surface area contributed by atoms with Crippen molar-refractivity contribution in [2.45, 2.75) is 4.90 Å². The minimum absolute atomic E-state index is 0.176. The molecule has 150 valence electrons. The van der Waals surface area contributed by atoms with Crippen LogP contribution in [0.25, 0.3) is 0 Å². The maximum atomic E-state index is 13.7. The minimum atomic E-state index is -4.21. The number of anilines is 2. The molecule has 0 aromatic heterocycles. The van der Waals surface area contributed by atoms with Crippen LogP contribution in [0.4, 0.5) is 20.2 Å². The van der Waals surface area contributed by atoms with Crippen LogP contribution in [0.5, 0.6) is 0 Å². The fraction of sp³-hybridized carbons (Fsp3) is 0.278. The molecule has 0 radical (unpaired) electrons. The molecule has 2 aromatic rings. The number of hydrogen-bond acceptors (Lipinski definition) is 5. The summed E-state index contributed by atoms with van der Waals surface area (Å²) in [5, 5.41) is 2.73. The Morgan fingerprint density at radius 3 is 2.32 bits per heavy atom. The molecule has 1 heterocycles. The fourth-order valence-corrected chi connectivity index (χ4v) is 3.81. The molecule has 1 aliphatic rings. The van der Waals surface area contributed by atoms with E-state index >= 15 is 0 Å². The zero-order chi connectivity index (χ0) is 20.1. The molecule has 2 N–H and O–H groups in total. The highest BCUT2D eigenvalue weighted by Crippen LogP contribution is 2.21. The summed E-state index contributed by atoms with van der Waals surface area (Å²) in [5.41, 5.74) is 0.670. The molecule has 10 heteroatoms. The normalized spacial score (nSPS) is 15.2. The van der Waals surface area contributed by atoms with Crippen LogP contribution in [-0.4, -0.2) is 52.1 Å². The van der Waals surface area contributed by atoms with Crippen LogP contribution in [-0.2, 0) is 19.6 Å². The Balaban J connectivity index is 1.61. The Kier molecular flexibility index (Phi) is 6.22. The summed E-state index contributed by atoms with van der Waals surface area (Å²) in [6.45, 7) is 2.80. The molecular formula is C18H19F2N3O4S. The maximum Gasteiger partial charge on any atom is 0.264 e. The van der Waals surface area contributed by atoms with E-state index in [1.54, 1.807) is 0 Å². The van der Waals surface area contributed by atoms with Crippen molar-refractivity contribution in [3.05, 3.63) is 54.1 Å². The van der Waals surface area contributed by atoms with Gasteiger partial charge in [0.25, 0.3) is 10.0 Å². The summed E-state index contributed by atoms with van der Waals surface area (Å²) in [6.07, 6.45) is 0. The van der Waals surface area contributed by atoms with Crippen molar-refractivity contribution in [1.29, 1.82) is 0 Å². The van der Waals surface area contributed by atoms with Gasteiger partial charge in [-0.3, -0.25) is 14.4 Å². The molecule has 1 aliphatic heterocycles. The lowest BCUT2D eigenvalue weighted by atomic mass is 10.3. The van der Waals surface area contributed by atoms with Crippen LogP contribution in [0.1, 0.15) is 0 Å². The molecule has 0 saturated carbocycles. The van der Waals surface area contributed by atoms with Crippen molar-refractivity contribution < 1.29 is 26.7 Å². The van der Waals surface area contributed by atoms with Gasteiger partial charge in [-0.15, -0.1) is 0 Å². The third-order valence-electron chi connectivity index (χ3n) is 4.08. The second-order valence-electron chi connectivity index (χ2n) is 6.19. The number of morpholine rings is 1. The second-order valence-corrected chi connectivity index (χ2v) is 7.85. The van der Waals surface area contributed by atoms with Crippen LogP contribution >= 0.6 is 0 Å². The van der Waals surface area contributed by atoms with Crippen molar-refractivity contribution in [1.82, 2.24) is 4.90 Å². The molecule has 7 nitrogen and oxygen atoms in total. The summed E-state index contributed by atoms with van der Waals surface area (Å²) in [6, 6.07) is 8.14. The smallest absolute Gasteiger partial charge is 0.264 e. The summed E-state index contributed by atoms with van der Waals surface area (Å²) < 4.78 is 58.7. The second kappa shape index (κ2) is 8.63.